The molecule has 0 aliphatic heterocycles. The summed E-state index contributed by atoms with van der Waals surface area (Å²) in [6, 6.07) is 10.3. The van der Waals surface area contributed by atoms with Crippen molar-refractivity contribution < 1.29 is 9.47 Å². The standard InChI is InChI=1S/C17H20BrNO2/c1-11-5-6-15(7-12(11)2)19-10-13-8-14(18)9-16(20-3)17(13)21-4/h5-9,19H,10H2,1-4H3. The minimum Gasteiger partial charge on any atom is -0.493 e. The van der Waals surface area contributed by atoms with Crippen LogP contribution in [0, 0.1) is 13.8 Å². The van der Waals surface area contributed by atoms with Crippen molar-refractivity contribution in [2.24, 2.45) is 0 Å². The van der Waals surface area contributed by atoms with Gasteiger partial charge < -0.3 is 14.8 Å². The minimum absolute atomic E-state index is 0.668. The second-order valence-corrected chi connectivity index (χ2v) is 5.87. The van der Waals surface area contributed by atoms with E-state index in [2.05, 4.69) is 53.3 Å². The zero-order valence-corrected chi connectivity index (χ0v) is 14.4. The Hall–Kier alpha value is -1.68. The van der Waals surface area contributed by atoms with Gasteiger partial charge in [0.25, 0.3) is 0 Å². The van der Waals surface area contributed by atoms with E-state index < -0.39 is 0 Å². The summed E-state index contributed by atoms with van der Waals surface area (Å²) < 4.78 is 11.8. The number of rotatable bonds is 5. The fourth-order valence-corrected chi connectivity index (χ4v) is 2.67. The first-order chi connectivity index (χ1) is 10.0. The highest BCUT2D eigenvalue weighted by molar-refractivity contribution is 9.10. The second-order valence-electron chi connectivity index (χ2n) is 4.95. The Morgan fingerprint density at radius 3 is 2.38 bits per heavy atom. The average molecular weight is 350 g/mol. The maximum atomic E-state index is 5.47. The molecule has 0 heterocycles. The normalized spacial score (nSPS) is 10.3. The maximum Gasteiger partial charge on any atom is 0.165 e. The number of methoxy groups -OCH3 is 2. The summed E-state index contributed by atoms with van der Waals surface area (Å²) in [5.41, 5.74) is 4.71. The van der Waals surface area contributed by atoms with Gasteiger partial charge in [-0.15, -0.1) is 0 Å². The van der Waals surface area contributed by atoms with E-state index in [1.165, 1.54) is 11.1 Å². The van der Waals surface area contributed by atoms with Crippen LogP contribution in [0.4, 0.5) is 5.69 Å². The molecule has 2 aromatic rings. The fraction of sp³-hybridized carbons (Fsp3) is 0.294. The van der Waals surface area contributed by atoms with Gasteiger partial charge >= 0.3 is 0 Å². The van der Waals surface area contributed by atoms with E-state index in [1.807, 2.05) is 12.1 Å². The van der Waals surface area contributed by atoms with Crippen LogP contribution in [0.15, 0.2) is 34.8 Å². The summed E-state index contributed by atoms with van der Waals surface area (Å²) >= 11 is 3.50. The molecule has 0 bridgehead atoms. The maximum absolute atomic E-state index is 5.47. The molecule has 0 spiro atoms. The molecule has 0 aliphatic rings. The van der Waals surface area contributed by atoms with E-state index in [-0.39, 0.29) is 0 Å². The highest BCUT2D eigenvalue weighted by Crippen LogP contribution is 2.35. The number of nitrogens with one attached hydrogen (secondary N) is 1. The van der Waals surface area contributed by atoms with Crippen LogP contribution in [0.5, 0.6) is 11.5 Å². The number of hydrogen-bond donors (Lipinski definition) is 1. The van der Waals surface area contributed by atoms with Crippen LogP contribution < -0.4 is 14.8 Å². The highest BCUT2D eigenvalue weighted by Gasteiger charge is 2.11. The number of anilines is 1. The lowest BCUT2D eigenvalue weighted by molar-refractivity contribution is 0.352. The number of aryl methyl sites for hydroxylation is 2. The van der Waals surface area contributed by atoms with Crippen molar-refractivity contribution in [2.75, 3.05) is 19.5 Å². The topological polar surface area (TPSA) is 30.5 Å². The first-order valence-corrected chi connectivity index (χ1v) is 7.56. The van der Waals surface area contributed by atoms with Gasteiger partial charge in [0, 0.05) is 22.3 Å². The molecule has 1 N–H and O–H groups in total. The van der Waals surface area contributed by atoms with Gasteiger partial charge in [-0.1, -0.05) is 22.0 Å². The molecule has 0 atom stereocenters. The summed E-state index contributed by atoms with van der Waals surface area (Å²) in [5, 5.41) is 3.43. The van der Waals surface area contributed by atoms with E-state index >= 15 is 0 Å². The summed E-state index contributed by atoms with van der Waals surface area (Å²) in [4.78, 5) is 0. The Morgan fingerprint density at radius 1 is 1.00 bits per heavy atom. The first kappa shape index (κ1) is 15.7. The van der Waals surface area contributed by atoms with Crippen molar-refractivity contribution in [3.05, 3.63) is 51.5 Å². The molecular weight excluding hydrogens is 330 g/mol. The predicted octanol–water partition coefficient (Wildman–Crippen LogP) is 4.70. The largest absolute Gasteiger partial charge is 0.493 e. The van der Waals surface area contributed by atoms with Gasteiger partial charge in [-0.05, 0) is 49.2 Å². The monoisotopic (exact) mass is 349 g/mol. The molecule has 2 aromatic carbocycles. The van der Waals surface area contributed by atoms with Crippen molar-refractivity contribution in [2.45, 2.75) is 20.4 Å². The van der Waals surface area contributed by atoms with Crippen molar-refractivity contribution in [1.82, 2.24) is 0 Å². The molecule has 3 nitrogen and oxygen atoms in total. The zero-order chi connectivity index (χ0) is 15.4. The van der Waals surface area contributed by atoms with Gasteiger partial charge in [-0.2, -0.15) is 0 Å². The summed E-state index contributed by atoms with van der Waals surface area (Å²) in [6.07, 6.45) is 0. The molecule has 0 aromatic heterocycles. The van der Waals surface area contributed by atoms with Gasteiger partial charge in [0.1, 0.15) is 0 Å². The number of halogens is 1. The molecule has 0 saturated heterocycles. The lowest BCUT2D eigenvalue weighted by Gasteiger charge is -2.15. The third-order valence-electron chi connectivity index (χ3n) is 3.51. The summed E-state index contributed by atoms with van der Waals surface area (Å²) in [5.74, 6) is 1.49. The highest BCUT2D eigenvalue weighted by atomic mass is 79.9. The first-order valence-electron chi connectivity index (χ1n) is 6.76. The van der Waals surface area contributed by atoms with Crippen LogP contribution in [0.3, 0.4) is 0 Å². The summed E-state index contributed by atoms with van der Waals surface area (Å²) in [6.45, 7) is 4.89. The lowest BCUT2D eigenvalue weighted by atomic mass is 10.1. The second kappa shape index (κ2) is 6.85. The Kier molecular flexibility index (Phi) is 5.12. The predicted molar refractivity (Wildman–Crippen MR) is 90.5 cm³/mol. The van der Waals surface area contributed by atoms with Crippen LogP contribution in [-0.2, 0) is 6.54 Å². The fourth-order valence-electron chi connectivity index (χ4n) is 2.19. The van der Waals surface area contributed by atoms with Gasteiger partial charge in [-0.3, -0.25) is 0 Å². The Labute approximate surface area is 134 Å². The molecule has 0 amide bonds. The van der Waals surface area contributed by atoms with Crippen LogP contribution in [0.25, 0.3) is 0 Å². The van der Waals surface area contributed by atoms with E-state index in [0.29, 0.717) is 6.54 Å². The minimum atomic E-state index is 0.668. The molecule has 0 fully saturated rings. The number of benzene rings is 2. The molecule has 112 valence electrons. The van der Waals surface area contributed by atoms with E-state index in [4.69, 9.17) is 9.47 Å². The average Bonchev–Trinajstić information content (AvgIpc) is 2.47. The Balaban J connectivity index is 2.22. The molecule has 0 aliphatic carbocycles. The zero-order valence-electron chi connectivity index (χ0n) is 12.8. The van der Waals surface area contributed by atoms with Crippen LogP contribution in [0.1, 0.15) is 16.7 Å². The third-order valence-corrected chi connectivity index (χ3v) is 3.97. The smallest absolute Gasteiger partial charge is 0.165 e. The van der Waals surface area contributed by atoms with E-state index in [1.54, 1.807) is 14.2 Å². The SMILES string of the molecule is COc1cc(Br)cc(CNc2ccc(C)c(C)c2)c1OC. The molecular formula is C17H20BrNO2. The molecule has 0 saturated carbocycles. The molecule has 0 radical (unpaired) electrons. The third kappa shape index (κ3) is 3.70. The summed E-state index contributed by atoms with van der Waals surface area (Å²) in [7, 11) is 3.30. The van der Waals surface area contributed by atoms with Crippen LogP contribution in [0.2, 0.25) is 0 Å². The molecule has 21 heavy (non-hydrogen) atoms. The van der Waals surface area contributed by atoms with Crippen molar-refractivity contribution in [3.63, 3.8) is 0 Å². The number of hydrogen-bond acceptors (Lipinski definition) is 3. The quantitative estimate of drug-likeness (QED) is 0.848. The van der Waals surface area contributed by atoms with E-state index in [9.17, 15) is 0 Å². The van der Waals surface area contributed by atoms with Gasteiger partial charge in [0.2, 0.25) is 0 Å². The molecule has 4 heteroatoms. The van der Waals surface area contributed by atoms with Gasteiger partial charge in [0.05, 0.1) is 14.2 Å². The number of ether oxygens (including phenoxy) is 2. The van der Waals surface area contributed by atoms with Gasteiger partial charge in [0.15, 0.2) is 11.5 Å². The lowest BCUT2D eigenvalue weighted by Crippen LogP contribution is -2.03. The molecule has 0 unspecified atom stereocenters. The Bertz CT molecular complexity index is 641. The van der Waals surface area contributed by atoms with Crippen molar-refractivity contribution in [3.8, 4) is 11.5 Å². The van der Waals surface area contributed by atoms with Crippen molar-refractivity contribution in [1.29, 1.82) is 0 Å². The van der Waals surface area contributed by atoms with Crippen LogP contribution in [-0.4, -0.2) is 14.2 Å². The van der Waals surface area contributed by atoms with E-state index in [0.717, 1.165) is 27.2 Å². The van der Waals surface area contributed by atoms with Crippen molar-refractivity contribution >= 4 is 21.6 Å². The Morgan fingerprint density at radius 2 is 1.76 bits per heavy atom. The van der Waals surface area contributed by atoms with Crippen LogP contribution >= 0.6 is 15.9 Å². The van der Waals surface area contributed by atoms with Gasteiger partial charge in [-0.25, -0.2) is 0 Å². The molecule has 2 rings (SSSR count).